The van der Waals surface area contributed by atoms with Gasteiger partial charge in [0.2, 0.25) is 0 Å². The van der Waals surface area contributed by atoms with Gasteiger partial charge in [-0.15, -0.1) is 0 Å². The summed E-state index contributed by atoms with van der Waals surface area (Å²) in [5.41, 5.74) is 0. The van der Waals surface area contributed by atoms with Crippen molar-refractivity contribution in [1.82, 2.24) is 4.90 Å². The maximum atomic E-state index is 2.78. The summed E-state index contributed by atoms with van der Waals surface area (Å²) in [7, 11) is 0. The van der Waals surface area contributed by atoms with Gasteiger partial charge in [0.05, 0.1) is 0 Å². The van der Waals surface area contributed by atoms with Gasteiger partial charge in [0.25, 0.3) is 0 Å². The van der Waals surface area contributed by atoms with Crippen LogP contribution in [0.1, 0.15) is 52.9 Å². The molecular formula is C13H25N. The fraction of sp³-hybridized carbons (Fsp3) is 1.00. The minimum atomic E-state index is 0.863. The molecule has 2 fully saturated rings. The average molecular weight is 195 g/mol. The fourth-order valence-electron chi connectivity index (χ4n) is 3.11. The fourth-order valence-corrected chi connectivity index (χ4v) is 3.11. The van der Waals surface area contributed by atoms with Gasteiger partial charge in [-0.2, -0.15) is 0 Å². The van der Waals surface area contributed by atoms with Crippen LogP contribution in [0.15, 0.2) is 0 Å². The minimum Gasteiger partial charge on any atom is -0.298 e. The Bertz CT molecular complexity index is 182. The zero-order valence-corrected chi connectivity index (χ0v) is 10.00. The second-order valence-corrected chi connectivity index (χ2v) is 5.71. The standard InChI is InChI=1S/C13H25N/c1-10(2)12-8-13(9-12)14-7-5-4-6-11(14)3/h10-13H,4-9H2,1-3H3. The molecule has 82 valence electrons. The molecule has 1 heterocycles. The number of rotatable bonds is 2. The Morgan fingerprint density at radius 1 is 1.14 bits per heavy atom. The lowest BCUT2D eigenvalue weighted by atomic mass is 9.72. The lowest BCUT2D eigenvalue weighted by molar-refractivity contribution is 0.0125. The van der Waals surface area contributed by atoms with E-state index in [4.69, 9.17) is 0 Å². The lowest BCUT2D eigenvalue weighted by Crippen LogP contribution is -2.51. The van der Waals surface area contributed by atoms with Crippen molar-refractivity contribution in [3.8, 4) is 0 Å². The van der Waals surface area contributed by atoms with Crippen LogP contribution in [0.2, 0.25) is 0 Å². The third-order valence-electron chi connectivity index (χ3n) is 4.42. The van der Waals surface area contributed by atoms with E-state index in [1.807, 2.05) is 0 Å². The van der Waals surface area contributed by atoms with Gasteiger partial charge >= 0.3 is 0 Å². The Morgan fingerprint density at radius 3 is 2.43 bits per heavy atom. The maximum Gasteiger partial charge on any atom is 0.0104 e. The van der Waals surface area contributed by atoms with Crippen LogP contribution in [0.3, 0.4) is 0 Å². The van der Waals surface area contributed by atoms with Gasteiger partial charge in [-0.3, -0.25) is 4.90 Å². The van der Waals surface area contributed by atoms with E-state index >= 15 is 0 Å². The van der Waals surface area contributed by atoms with Crippen molar-refractivity contribution >= 4 is 0 Å². The van der Waals surface area contributed by atoms with Crippen molar-refractivity contribution in [1.29, 1.82) is 0 Å². The second kappa shape index (κ2) is 4.22. The Kier molecular flexibility index (Phi) is 3.16. The largest absolute Gasteiger partial charge is 0.298 e. The molecule has 0 aromatic carbocycles. The number of piperidine rings is 1. The molecule has 2 aliphatic rings. The SMILES string of the molecule is CC(C)C1CC(N2CCCCC2C)C1. The van der Waals surface area contributed by atoms with Crippen LogP contribution < -0.4 is 0 Å². The van der Waals surface area contributed by atoms with Gasteiger partial charge in [-0.25, -0.2) is 0 Å². The minimum absolute atomic E-state index is 0.863. The summed E-state index contributed by atoms with van der Waals surface area (Å²) in [6.45, 7) is 8.54. The van der Waals surface area contributed by atoms with E-state index in [9.17, 15) is 0 Å². The summed E-state index contributed by atoms with van der Waals surface area (Å²) >= 11 is 0. The second-order valence-electron chi connectivity index (χ2n) is 5.71. The zero-order chi connectivity index (χ0) is 10.1. The highest BCUT2D eigenvalue weighted by atomic mass is 15.2. The van der Waals surface area contributed by atoms with Crippen molar-refractivity contribution in [2.75, 3.05) is 6.54 Å². The molecule has 0 aromatic rings. The molecule has 1 aliphatic carbocycles. The molecular weight excluding hydrogens is 170 g/mol. The summed E-state index contributed by atoms with van der Waals surface area (Å²) in [4.78, 5) is 2.78. The van der Waals surface area contributed by atoms with Crippen LogP contribution in [0.5, 0.6) is 0 Å². The van der Waals surface area contributed by atoms with E-state index in [1.165, 1.54) is 38.6 Å². The van der Waals surface area contributed by atoms with E-state index in [0.29, 0.717) is 0 Å². The molecule has 1 saturated heterocycles. The maximum absolute atomic E-state index is 2.78. The van der Waals surface area contributed by atoms with Crippen LogP contribution >= 0.6 is 0 Å². The molecule has 0 N–H and O–H groups in total. The van der Waals surface area contributed by atoms with Crippen molar-refractivity contribution in [3.63, 3.8) is 0 Å². The summed E-state index contributed by atoms with van der Waals surface area (Å²) in [5, 5.41) is 0. The van der Waals surface area contributed by atoms with Crippen molar-refractivity contribution in [2.24, 2.45) is 11.8 Å². The van der Waals surface area contributed by atoms with Crippen LogP contribution in [0.4, 0.5) is 0 Å². The molecule has 0 spiro atoms. The predicted octanol–water partition coefficient (Wildman–Crippen LogP) is 3.30. The molecule has 0 radical (unpaired) electrons. The van der Waals surface area contributed by atoms with Gasteiger partial charge in [-0.1, -0.05) is 20.3 Å². The Labute approximate surface area is 88.9 Å². The van der Waals surface area contributed by atoms with Crippen molar-refractivity contribution in [3.05, 3.63) is 0 Å². The van der Waals surface area contributed by atoms with Gasteiger partial charge in [-0.05, 0) is 51.0 Å². The zero-order valence-electron chi connectivity index (χ0n) is 10.00. The van der Waals surface area contributed by atoms with E-state index in [-0.39, 0.29) is 0 Å². The first kappa shape index (κ1) is 10.5. The highest BCUT2D eigenvalue weighted by molar-refractivity contribution is 4.91. The van der Waals surface area contributed by atoms with Crippen molar-refractivity contribution < 1.29 is 0 Å². The van der Waals surface area contributed by atoms with Crippen LogP contribution in [-0.2, 0) is 0 Å². The summed E-state index contributed by atoms with van der Waals surface area (Å²) < 4.78 is 0. The lowest BCUT2D eigenvalue weighted by Gasteiger charge is -2.48. The monoisotopic (exact) mass is 195 g/mol. The number of likely N-dealkylation sites (tertiary alicyclic amines) is 1. The van der Waals surface area contributed by atoms with E-state index in [2.05, 4.69) is 25.7 Å². The highest BCUT2D eigenvalue weighted by Gasteiger charge is 2.37. The van der Waals surface area contributed by atoms with Gasteiger partial charge in [0, 0.05) is 12.1 Å². The highest BCUT2D eigenvalue weighted by Crippen LogP contribution is 2.39. The predicted molar refractivity (Wildman–Crippen MR) is 61.4 cm³/mol. The molecule has 0 amide bonds. The molecule has 14 heavy (non-hydrogen) atoms. The van der Waals surface area contributed by atoms with Gasteiger partial charge < -0.3 is 0 Å². The molecule has 1 nitrogen and oxygen atoms in total. The van der Waals surface area contributed by atoms with E-state index in [0.717, 1.165) is 23.9 Å². The Hall–Kier alpha value is -0.0400. The van der Waals surface area contributed by atoms with Crippen LogP contribution in [0, 0.1) is 11.8 Å². The normalized spacial score (nSPS) is 39.9. The molecule has 1 atom stereocenters. The first-order valence-electron chi connectivity index (χ1n) is 6.44. The molecule has 1 aliphatic heterocycles. The van der Waals surface area contributed by atoms with Crippen LogP contribution in [0.25, 0.3) is 0 Å². The molecule has 1 unspecified atom stereocenters. The third-order valence-corrected chi connectivity index (χ3v) is 4.42. The average Bonchev–Trinajstić information content (AvgIpc) is 2.05. The number of nitrogens with zero attached hydrogens (tertiary/aromatic N) is 1. The van der Waals surface area contributed by atoms with E-state index in [1.54, 1.807) is 0 Å². The Balaban J connectivity index is 1.80. The first-order chi connectivity index (χ1) is 6.68. The summed E-state index contributed by atoms with van der Waals surface area (Å²) in [6.07, 6.45) is 7.28. The quantitative estimate of drug-likeness (QED) is 0.653. The van der Waals surface area contributed by atoms with Crippen molar-refractivity contribution in [2.45, 2.75) is 65.0 Å². The summed E-state index contributed by atoms with van der Waals surface area (Å²) in [5.74, 6) is 1.93. The number of hydrogen-bond acceptors (Lipinski definition) is 1. The first-order valence-corrected chi connectivity index (χ1v) is 6.44. The molecule has 2 rings (SSSR count). The molecule has 1 saturated carbocycles. The summed E-state index contributed by atoms with van der Waals surface area (Å²) in [6, 6.07) is 1.81. The topological polar surface area (TPSA) is 3.24 Å². The smallest absolute Gasteiger partial charge is 0.0104 e. The van der Waals surface area contributed by atoms with Gasteiger partial charge in [0.1, 0.15) is 0 Å². The Morgan fingerprint density at radius 2 is 1.86 bits per heavy atom. The molecule has 1 heteroatoms. The van der Waals surface area contributed by atoms with Crippen LogP contribution in [-0.4, -0.2) is 23.5 Å². The molecule has 0 aromatic heterocycles. The molecule has 0 bridgehead atoms. The third kappa shape index (κ3) is 1.98. The van der Waals surface area contributed by atoms with E-state index < -0.39 is 0 Å². The number of hydrogen-bond donors (Lipinski definition) is 0. The van der Waals surface area contributed by atoms with Gasteiger partial charge in [0.15, 0.2) is 0 Å².